The Kier molecular flexibility index (Phi) is 3.13. The average molecular weight is 231 g/mol. The minimum Gasteiger partial charge on any atom is -0.350 e. The molecule has 0 fully saturated rings. The standard InChI is InChI=1S/C11H13N5O/c1-7(2)12-11(17)9-5-3-8(4-6-9)10-13-15-16-14-10/h3-7H,1-2H3,(H,12,17)(H,13,14,15,16). The molecule has 2 rings (SSSR count). The maximum atomic E-state index is 11.7. The van der Waals surface area contributed by atoms with Gasteiger partial charge < -0.3 is 5.32 Å². The maximum absolute atomic E-state index is 11.7. The lowest BCUT2D eigenvalue weighted by Crippen LogP contribution is -2.29. The van der Waals surface area contributed by atoms with Gasteiger partial charge in [-0.3, -0.25) is 4.79 Å². The Labute approximate surface area is 98.4 Å². The molecule has 1 aromatic carbocycles. The quantitative estimate of drug-likeness (QED) is 0.825. The van der Waals surface area contributed by atoms with Crippen molar-refractivity contribution in [2.75, 3.05) is 0 Å². The predicted octanol–water partition coefficient (Wildman–Crippen LogP) is 1.00. The zero-order valence-electron chi connectivity index (χ0n) is 9.64. The highest BCUT2D eigenvalue weighted by Gasteiger charge is 2.08. The summed E-state index contributed by atoms with van der Waals surface area (Å²) in [7, 11) is 0. The Balaban J connectivity index is 2.16. The molecular formula is C11H13N5O. The fourth-order valence-corrected chi connectivity index (χ4v) is 1.40. The highest BCUT2D eigenvalue weighted by molar-refractivity contribution is 5.94. The Morgan fingerprint density at radius 2 is 2.00 bits per heavy atom. The number of carbonyl (C=O) groups is 1. The molecule has 0 aliphatic heterocycles. The first-order valence-electron chi connectivity index (χ1n) is 5.31. The second kappa shape index (κ2) is 4.73. The summed E-state index contributed by atoms with van der Waals surface area (Å²) in [5.74, 6) is 0.431. The third kappa shape index (κ3) is 2.66. The van der Waals surface area contributed by atoms with E-state index in [1.807, 2.05) is 13.8 Å². The molecule has 6 nitrogen and oxygen atoms in total. The van der Waals surface area contributed by atoms with E-state index in [1.165, 1.54) is 0 Å². The molecule has 1 aromatic heterocycles. The van der Waals surface area contributed by atoms with Gasteiger partial charge in [-0.1, -0.05) is 12.1 Å². The van der Waals surface area contributed by atoms with Crippen LogP contribution in [0.2, 0.25) is 0 Å². The van der Waals surface area contributed by atoms with E-state index in [0.29, 0.717) is 11.4 Å². The number of nitrogens with one attached hydrogen (secondary N) is 2. The van der Waals surface area contributed by atoms with Crippen LogP contribution in [-0.2, 0) is 0 Å². The number of aromatic nitrogens is 4. The number of amides is 1. The minimum atomic E-state index is -0.0836. The van der Waals surface area contributed by atoms with Gasteiger partial charge in [-0.15, -0.1) is 10.2 Å². The predicted molar refractivity (Wildman–Crippen MR) is 62.2 cm³/mol. The Morgan fingerprint density at radius 1 is 1.29 bits per heavy atom. The minimum absolute atomic E-state index is 0.0836. The molecule has 2 aromatic rings. The van der Waals surface area contributed by atoms with Crippen molar-refractivity contribution in [3.8, 4) is 11.4 Å². The van der Waals surface area contributed by atoms with Crippen molar-refractivity contribution in [2.45, 2.75) is 19.9 Å². The van der Waals surface area contributed by atoms with E-state index in [0.717, 1.165) is 5.56 Å². The summed E-state index contributed by atoms with van der Waals surface area (Å²) < 4.78 is 0. The van der Waals surface area contributed by atoms with Crippen molar-refractivity contribution < 1.29 is 4.79 Å². The average Bonchev–Trinajstić information content (AvgIpc) is 2.82. The van der Waals surface area contributed by atoms with E-state index in [9.17, 15) is 4.79 Å². The first kappa shape index (κ1) is 11.3. The van der Waals surface area contributed by atoms with Crippen molar-refractivity contribution in [3.05, 3.63) is 29.8 Å². The summed E-state index contributed by atoms with van der Waals surface area (Å²) in [5.41, 5.74) is 1.44. The van der Waals surface area contributed by atoms with Gasteiger partial charge in [0.1, 0.15) is 0 Å². The van der Waals surface area contributed by atoms with Gasteiger partial charge >= 0.3 is 0 Å². The van der Waals surface area contributed by atoms with E-state index in [1.54, 1.807) is 24.3 Å². The molecule has 1 amide bonds. The normalized spacial score (nSPS) is 10.5. The molecule has 0 atom stereocenters. The fourth-order valence-electron chi connectivity index (χ4n) is 1.40. The molecule has 0 spiro atoms. The van der Waals surface area contributed by atoms with Crippen LogP contribution in [0.5, 0.6) is 0 Å². The lowest BCUT2D eigenvalue weighted by Gasteiger charge is -2.08. The summed E-state index contributed by atoms with van der Waals surface area (Å²) in [6, 6.07) is 7.19. The summed E-state index contributed by atoms with van der Waals surface area (Å²) >= 11 is 0. The number of aromatic amines is 1. The van der Waals surface area contributed by atoms with E-state index in [2.05, 4.69) is 25.9 Å². The molecule has 0 unspecified atom stereocenters. The Hall–Kier alpha value is -2.24. The molecule has 0 radical (unpaired) electrons. The number of benzene rings is 1. The maximum Gasteiger partial charge on any atom is 0.251 e. The Bertz CT molecular complexity index is 489. The van der Waals surface area contributed by atoms with Gasteiger partial charge in [0.2, 0.25) is 5.82 Å². The van der Waals surface area contributed by atoms with Gasteiger partial charge in [0, 0.05) is 17.2 Å². The number of hydrogen-bond acceptors (Lipinski definition) is 4. The van der Waals surface area contributed by atoms with Crippen LogP contribution in [0.3, 0.4) is 0 Å². The summed E-state index contributed by atoms with van der Waals surface area (Å²) in [5, 5.41) is 16.4. The van der Waals surface area contributed by atoms with Crippen LogP contribution in [0, 0.1) is 0 Å². The molecule has 6 heteroatoms. The largest absolute Gasteiger partial charge is 0.350 e. The summed E-state index contributed by atoms with van der Waals surface area (Å²) in [6.45, 7) is 3.84. The fraction of sp³-hybridized carbons (Fsp3) is 0.273. The second-order valence-electron chi connectivity index (χ2n) is 3.94. The highest BCUT2D eigenvalue weighted by Crippen LogP contribution is 2.13. The van der Waals surface area contributed by atoms with Gasteiger partial charge in [0.25, 0.3) is 5.91 Å². The van der Waals surface area contributed by atoms with Crippen molar-refractivity contribution >= 4 is 5.91 Å². The SMILES string of the molecule is CC(C)NC(=O)c1ccc(-c2nn[nH]n2)cc1. The molecule has 2 N–H and O–H groups in total. The van der Waals surface area contributed by atoms with Gasteiger partial charge in [0.05, 0.1) is 0 Å². The second-order valence-corrected chi connectivity index (χ2v) is 3.94. The third-order valence-electron chi connectivity index (χ3n) is 2.17. The van der Waals surface area contributed by atoms with E-state index < -0.39 is 0 Å². The number of H-pyrrole nitrogens is 1. The summed E-state index contributed by atoms with van der Waals surface area (Å²) in [6.07, 6.45) is 0. The Morgan fingerprint density at radius 3 is 2.53 bits per heavy atom. The van der Waals surface area contributed by atoms with E-state index >= 15 is 0 Å². The molecule has 0 aliphatic carbocycles. The molecule has 88 valence electrons. The first-order chi connectivity index (χ1) is 8.16. The number of tetrazole rings is 1. The molecule has 0 saturated carbocycles. The van der Waals surface area contributed by atoms with Crippen LogP contribution in [0.4, 0.5) is 0 Å². The molecule has 0 aliphatic rings. The van der Waals surface area contributed by atoms with Gasteiger partial charge in [-0.25, -0.2) is 0 Å². The molecular weight excluding hydrogens is 218 g/mol. The monoisotopic (exact) mass is 231 g/mol. The molecule has 0 saturated heterocycles. The van der Waals surface area contributed by atoms with Crippen molar-refractivity contribution in [2.24, 2.45) is 0 Å². The third-order valence-corrected chi connectivity index (χ3v) is 2.17. The number of hydrogen-bond donors (Lipinski definition) is 2. The van der Waals surface area contributed by atoms with Gasteiger partial charge in [0.15, 0.2) is 0 Å². The van der Waals surface area contributed by atoms with Crippen LogP contribution in [0.25, 0.3) is 11.4 Å². The van der Waals surface area contributed by atoms with Crippen molar-refractivity contribution in [3.63, 3.8) is 0 Å². The smallest absolute Gasteiger partial charge is 0.251 e. The van der Waals surface area contributed by atoms with E-state index in [4.69, 9.17) is 0 Å². The first-order valence-corrected chi connectivity index (χ1v) is 5.31. The number of rotatable bonds is 3. The lowest BCUT2D eigenvalue weighted by molar-refractivity contribution is 0.0943. The number of nitrogens with zero attached hydrogens (tertiary/aromatic N) is 3. The molecule has 1 heterocycles. The number of carbonyl (C=O) groups excluding carboxylic acids is 1. The van der Waals surface area contributed by atoms with Crippen molar-refractivity contribution in [1.29, 1.82) is 0 Å². The van der Waals surface area contributed by atoms with Crippen molar-refractivity contribution in [1.82, 2.24) is 25.9 Å². The van der Waals surface area contributed by atoms with Crippen LogP contribution in [-0.4, -0.2) is 32.6 Å². The van der Waals surface area contributed by atoms with Crippen LogP contribution in [0.15, 0.2) is 24.3 Å². The van der Waals surface area contributed by atoms with Gasteiger partial charge in [-0.2, -0.15) is 5.21 Å². The zero-order chi connectivity index (χ0) is 12.3. The molecule has 0 bridgehead atoms. The van der Waals surface area contributed by atoms with E-state index in [-0.39, 0.29) is 11.9 Å². The van der Waals surface area contributed by atoms with Gasteiger partial charge in [-0.05, 0) is 31.2 Å². The zero-order valence-corrected chi connectivity index (χ0v) is 9.64. The van der Waals surface area contributed by atoms with Crippen LogP contribution < -0.4 is 5.32 Å². The van der Waals surface area contributed by atoms with Crippen LogP contribution in [0.1, 0.15) is 24.2 Å². The van der Waals surface area contributed by atoms with Crippen LogP contribution >= 0.6 is 0 Å². The topological polar surface area (TPSA) is 83.6 Å². The molecule has 17 heavy (non-hydrogen) atoms. The summed E-state index contributed by atoms with van der Waals surface area (Å²) in [4.78, 5) is 11.7. The lowest BCUT2D eigenvalue weighted by atomic mass is 10.1. The highest BCUT2D eigenvalue weighted by atomic mass is 16.1.